The first-order chi connectivity index (χ1) is 20.1. The average Bonchev–Trinajstić information content (AvgIpc) is 3.62. The number of carbonyl (C=O) groups excluding carboxylic acids is 4. The van der Waals surface area contributed by atoms with Crippen molar-refractivity contribution in [2.45, 2.75) is 43.8 Å². The number of rotatable bonds is 16. The lowest BCUT2D eigenvalue weighted by Crippen LogP contribution is -2.57. The van der Waals surface area contributed by atoms with Crippen LogP contribution in [-0.2, 0) is 41.6 Å². The highest BCUT2D eigenvalue weighted by Gasteiger charge is 2.31. The number of nitrogens with one attached hydrogen (secondary N) is 6. The van der Waals surface area contributed by atoms with E-state index in [1.54, 1.807) is 6.20 Å². The summed E-state index contributed by atoms with van der Waals surface area (Å²) in [5.74, 6) is -5.60. The molecule has 1 aromatic carbocycles. The van der Waals surface area contributed by atoms with Gasteiger partial charge < -0.3 is 47.2 Å². The van der Waals surface area contributed by atoms with Crippen LogP contribution in [0.15, 0.2) is 43.0 Å². The number of hydrogen-bond donors (Lipinski definition) is 9. The Kier molecular flexibility index (Phi) is 11.1. The number of carboxylic acid groups (broad SMARTS) is 2. The lowest BCUT2D eigenvalue weighted by molar-refractivity contribution is -0.143. The lowest BCUT2D eigenvalue weighted by atomic mass is 10.0. The monoisotopic (exact) mass is 584 g/mol. The molecule has 3 rings (SSSR count). The number of amides is 4. The third kappa shape index (κ3) is 9.16. The predicted molar refractivity (Wildman–Crippen MR) is 147 cm³/mol. The molecule has 4 amide bonds. The fraction of sp³-hybridized carbons (Fsp3) is 0.346. The molecule has 16 nitrogen and oxygen atoms in total. The number of aliphatic carboxylic acids is 2. The molecule has 0 radical (unpaired) electrons. The molecule has 16 heteroatoms. The Balaban J connectivity index is 1.83. The number of fused-ring (bicyclic) bond motifs is 1. The Morgan fingerprint density at radius 1 is 0.881 bits per heavy atom. The highest BCUT2D eigenvalue weighted by atomic mass is 16.4. The van der Waals surface area contributed by atoms with Crippen molar-refractivity contribution >= 4 is 46.5 Å². The minimum Gasteiger partial charge on any atom is -0.481 e. The average molecular weight is 585 g/mol. The van der Waals surface area contributed by atoms with Crippen LogP contribution >= 0.6 is 0 Å². The van der Waals surface area contributed by atoms with Gasteiger partial charge in [-0.25, -0.2) is 9.78 Å². The molecule has 0 saturated carbocycles. The molecular formula is C26H32N8O8. The number of nitrogens with two attached hydrogens (primary N) is 1. The second kappa shape index (κ2) is 14.9. The molecule has 3 aromatic rings. The van der Waals surface area contributed by atoms with Crippen molar-refractivity contribution in [3.05, 3.63) is 54.2 Å². The van der Waals surface area contributed by atoms with Gasteiger partial charge in [-0.2, -0.15) is 0 Å². The van der Waals surface area contributed by atoms with Crippen molar-refractivity contribution in [1.82, 2.24) is 36.2 Å². The normalized spacial score (nSPS) is 13.0. The van der Waals surface area contributed by atoms with Gasteiger partial charge in [-0.05, 0) is 18.1 Å². The smallest absolute Gasteiger partial charge is 0.326 e. The van der Waals surface area contributed by atoms with E-state index >= 15 is 0 Å². The summed E-state index contributed by atoms with van der Waals surface area (Å²) in [6, 6.07) is 3.23. The van der Waals surface area contributed by atoms with E-state index in [0.29, 0.717) is 11.3 Å². The molecule has 0 bridgehead atoms. The van der Waals surface area contributed by atoms with Crippen LogP contribution in [0.5, 0.6) is 0 Å². The molecule has 2 aromatic heterocycles. The summed E-state index contributed by atoms with van der Waals surface area (Å²) in [7, 11) is 0. The second-order valence-corrected chi connectivity index (χ2v) is 9.34. The van der Waals surface area contributed by atoms with E-state index in [1.165, 1.54) is 12.5 Å². The van der Waals surface area contributed by atoms with Gasteiger partial charge in [0.2, 0.25) is 23.6 Å². The number of imidazole rings is 1. The zero-order valence-corrected chi connectivity index (χ0v) is 22.4. The van der Waals surface area contributed by atoms with Gasteiger partial charge in [-0.1, -0.05) is 18.2 Å². The number of H-pyrrole nitrogens is 2. The number of aromatic nitrogens is 3. The summed E-state index contributed by atoms with van der Waals surface area (Å²) >= 11 is 0. The summed E-state index contributed by atoms with van der Waals surface area (Å²) in [4.78, 5) is 83.3. The topological polar surface area (TPSA) is 261 Å². The molecule has 10 N–H and O–H groups in total. The largest absolute Gasteiger partial charge is 0.481 e. The Bertz CT molecular complexity index is 1420. The number of nitrogens with zero attached hydrogens (tertiary/aromatic N) is 1. The molecule has 0 aliphatic carbocycles. The van der Waals surface area contributed by atoms with Crippen molar-refractivity contribution in [2.75, 3.05) is 13.1 Å². The van der Waals surface area contributed by atoms with Gasteiger partial charge in [0.1, 0.15) is 18.1 Å². The molecule has 0 fully saturated rings. The van der Waals surface area contributed by atoms with Crippen LogP contribution in [0.2, 0.25) is 0 Å². The minimum absolute atomic E-state index is 0.00117. The van der Waals surface area contributed by atoms with Crippen molar-refractivity contribution in [2.24, 2.45) is 5.73 Å². The zero-order chi connectivity index (χ0) is 30.6. The molecule has 0 aliphatic heterocycles. The second-order valence-electron chi connectivity index (χ2n) is 9.34. The molecule has 3 atom stereocenters. The number of aromatic amines is 2. The molecule has 0 spiro atoms. The number of benzene rings is 1. The molecule has 224 valence electrons. The number of para-hydroxylation sites is 1. The summed E-state index contributed by atoms with van der Waals surface area (Å²) in [5, 5.41) is 28.9. The van der Waals surface area contributed by atoms with Gasteiger partial charge in [-0.3, -0.25) is 24.0 Å². The highest BCUT2D eigenvalue weighted by Crippen LogP contribution is 2.19. The number of hydrogen-bond acceptors (Lipinski definition) is 8. The summed E-state index contributed by atoms with van der Waals surface area (Å²) in [6.45, 7) is -0.781. The molecule has 0 unspecified atom stereocenters. The van der Waals surface area contributed by atoms with Crippen LogP contribution in [0.1, 0.15) is 24.1 Å². The number of carboxylic acids is 2. The molecule has 0 aliphatic rings. The van der Waals surface area contributed by atoms with Gasteiger partial charge in [0.15, 0.2) is 0 Å². The van der Waals surface area contributed by atoms with Crippen molar-refractivity contribution in [1.29, 1.82) is 0 Å². The van der Waals surface area contributed by atoms with Crippen LogP contribution in [0.4, 0.5) is 0 Å². The number of carbonyl (C=O) groups is 6. The SMILES string of the molecule is NCC(=O)NCC(=O)N[C@@H](Cc1c[nH]c2ccccc12)C(=O)N[C@@H](Cc1cnc[nH]1)C(=O)N[C@@H](CCC(=O)O)C(=O)O. The molecule has 0 saturated heterocycles. The summed E-state index contributed by atoms with van der Waals surface area (Å²) in [6.07, 6.45) is 3.45. The van der Waals surface area contributed by atoms with Crippen LogP contribution in [0.3, 0.4) is 0 Å². The maximum absolute atomic E-state index is 13.6. The quantitative estimate of drug-likeness (QED) is 0.0908. The maximum atomic E-state index is 13.6. The fourth-order valence-corrected chi connectivity index (χ4v) is 4.12. The van der Waals surface area contributed by atoms with E-state index in [1.807, 2.05) is 24.3 Å². The first-order valence-corrected chi connectivity index (χ1v) is 12.9. The van der Waals surface area contributed by atoms with Gasteiger partial charge in [0.25, 0.3) is 0 Å². The molecular weight excluding hydrogens is 552 g/mol. The Labute approximate surface area is 238 Å². The van der Waals surface area contributed by atoms with Gasteiger partial charge in [0, 0.05) is 48.3 Å². The van der Waals surface area contributed by atoms with E-state index in [2.05, 4.69) is 36.2 Å². The third-order valence-corrected chi connectivity index (χ3v) is 6.26. The van der Waals surface area contributed by atoms with Crippen molar-refractivity contribution < 1.29 is 39.0 Å². The first kappa shape index (κ1) is 31.3. The van der Waals surface area contributed by atoms with Crippen LogP contribution < -0.4 is 27.0 Å². The van der Waals surface area contributed by atoms with E-state index in [4.69, 9.17) is 10.8 Å². The van der Waals surface area contributed by atoms with E-state index in [9.17, 15) is 33.9 Å². The van der Waals surface area contributed by atoms with E-state index < -0.39 is 66.7 Å². The lowest BCUT2D eigenvalue weighted by Gasteiger charge is -2.24. The maximum Gasteiger partial charge on any atom is 0.326 e. The third-order valence-electron chi connectivity index (χ3n) is 6.26. The Morgan fingerprint density at radius 3 is 2.21 bits per heavy atom. The van der Waals surface area contributed by atoms with Gasteiger partial charge >= 0.3 is 11.9 Å². The van der Waals surface area contributed by atoms with E-state index in [-0.39, 0.29) is 25.8 Å². The van der Waals surface area contributed by atoms with Crippen molar-refractivity contribution in [3.63, 3.8) is 0 Å². The summed E-state index contributed by atoms with van der Waals surface area (Å²) < 4.78 is 0. The van der Waals surface area contributed by atoms with E-state index in [0.717, 1.165) is 10.9 Å². The van der Waals surface area contributed by atoms with Crippen LogP contribution in [0.25, 0.3) is 10.9 Å². The standard InChI is InChI=1S/C26H32N8O8/c27-9-21(35)30-12-22(36)32-19(7-14-10-29-17-4-2-1-3-16(14)17)24(39)34-20(8-15-11-28-13-31-15)25(40)33-18(26(41)42)5-6-23(37)38/h1-4,10-11,13,18-20,29H,5-9,12,27H2,(H,28,31)(H,30,35)(H,32,36)(H,33,40)(H,34,39)(H,37,38)(H,41,42)/t18-,19-,20-/m0/s1. The Morgan fingerprint density at radius 2 is 1.57 bits per heavy atom. The first-order valence-electron chi connectivity index (χ1n) is 12.9. The molecule has 2 heterocycles. The fourth-order valence-electron chi connectivity index (χ4n) is 4.12. The van der Waals surface area contributed by atoms with Gasteiger partial charge in [-0.15, -0.1) is 0 Å². The summed E-state index contributed by atoms with van der Waals surface area (Å²) in [5.41, 5.74) is 7.18. The minimum atomic E-state index is -1.53. The van der Waals surface area contributed by atoms with Crippen LogP contribution in [0, 0.1) is 0 Å². The molecule has 42 heavy (non-hydrogen) atoms. The van der Waals surface area contributed by atoms with Crippen LogP contribution in [-0.4, -0.2) is 91.9 Å². The predicted octanol–water partition coefficient (Wildman–Crippen LogP) is -1.85. The zero-order valence-electron chi connectivity index (χ0n) is 22.4. The van der Waals surface area contributed by atoms with Gasteiger partial charge in [0.05, 0.1) is 19.4 Å². The van der Waals surface area contributed by atoms with Crippen molar-refractivity contribution in [3.8, 4) is 0 Å². The Hall–Kier alpha value is -5.25. The highest BCUT2D eigenvalue weighted by molar-refractivity contribution is 5.95.